The number of ether oxygens (including phenoxy) is 1. The number of unbranched alkanes of at least 4 members (excludes halogenated alkanes) is 1. The van der Waals surface area contributed by atoms with Crippen molar-refractivity contribution in [2.24, 2.45) is 23.5 Å². The van der Waals surface area contributed by atoms with E-state index in [2.05, 4.69) is 31.0 Å². The van der Waals surface area contributed by atoms with Crippen molar-refractivity contribution in [2.75, 3.05) is 7.11 Å². The van der Waals surface area contributed by atoms with Crippen LogP contribution >= 0.6 is 0 Å². The minimum atomic E-state index is -0.363. The van der Waals surface area contributed by atoms with E-state index in [0.717, 1.165) is 85.1 Å². The van der Waals surface area contributed by atoms with Gasteiger partial charge in [-0.15, -0.1) is 6.42 Å². The van der Waals surface area contributed by atoms with Crippen molar-refractivity contribution in [2.45, 2.75) is 88.6 Å². The van der Waals surface area contributed by atoms with E-state index in [1.807, 2.05) is 23.1 Å². The Morgan fingerprint density at radius 2 is 1.77 bits per heavy atom. The van der Waals surface area contributed by atoms with Gasteiger partial charge in [0.25, 0.3) is 5.91 Å². The largest absolute Gasteiger partial charge is 0.497 e. The second-order valence-electron chi connectivity index (χ2n) is 12.7. The minimum Gasteiger partial charge on any atom is -0.497 e. The van der Waals surface area contributed by atoms with Crippen LogP contribution in [0.3, 0.4) is 0 Å². The number of nitrogens with zero attached hydrogens (tertiary/aromatic N) is 1. The summed E-state index contributed by atoms with van der Waals surface area (Å²) in [5, 5.41) is 0. The number of amides is 2. The molecule has 5 nitrogen and oxygen atoms in total. The van der Waals surface area contributed by atoms with E-state index in [9.17, 15) is 9.59 Å². The molecule has 2 N–H and O–H groups in total. The number of nitrogens with two attached hydrogens (primary N) is 1. The summed E-state index contributed by atoms with van der Waals surface area (Å²) in [6.45, 7) is 2.17. The van der Waals surface area contributed by atoms with Gasteiger partial charge in [-0.25, -0.2) is 0 Å². The third kappa shape index (κ3) is 4.42. The molecule has 0 unspecified atom stereocenters. The Labute approximate surface area is 232 Å². The molecule has 4 aliphatic carbocycles. The van der Waals surface area contributed by atoms with Crippen molar-refractivity contribution in [3.63, 3.8) is 0 Å². The average Bonchev–Trinajstić information content (AvgIpc) is 2.93. The molecule has 39 heavy (non-hydrogen) atoms. The second kappa shape index (κ2) is 10.0. The molecule has 2 atom stereocenters. The number of benzene rings is 2. The van der Waals surface area contributed by atoms with Crippen molar-refractivity contribution < 1.29 is 14.3 Å². The van der Waals surface area contributed by atoms with Crippen molar-refractivity contribution in [3.05, 3.63) is 64.2 Å². The van der Waals surface area contributed by atoms with Gasteiger partial charge in [0, 0.05) is 11.6 Å². The quantitative estimate of drug-likeness (QED) is 0.457. The molecule has 0 spiro atoms. The topological polar surface area (TPSA) is 72.6 Å². The summed E-state index contributed by atoms with van der Waals surface area (Å²) in [6, 6.07) is 12.0. The van der Waals surface area contributed by atoms with Crippen molar-refractivity contribution >= 4 is 11.8 Å². The summed E-state index contributed by atoms with van der Waals surface area (Å²) in [5.41, 5.74) is 11.0. The lowest BCUT2D eigenvalue weighted by Gasteiger charge is -2.57. The summed E-state index contributed by atoms with van der Waals surface area (Å²) >= 11 is 0. The maximum atomic E-state index is 13.4. The molecule has 0 radical (unpaired) electrons. The van der Waals surface area contributed by atoms with E-state index in [0.29, 0.717) is 5.56 Å². The van der Waals surface area contributed by atoms with Crippen LogP contribution in [0.5, 0.6) is 5.75 Å². The lowest BCUT2D eigenvalue weighted by Crippen LogP contribution is -2.49. The van der Waals surface area contributed by atoms with Crippen LogP contribution in [0, 0.1) is 30.1 Å². The van der Waals surface area contributed by atoms with Crippen LogP contribution in [0.4, 0.5) is 0 Å². The van der Waals surface area contributed by atoms with Gasteiger partial charge in [-0.2, -0.15) is 0 Å². The normalized spacial score (nSPS) is 30.5. The van der Waals surface area contributed by atoms with Gasteiger partial charge in [0.15, 0.2) is 0 Å². The zero-order valence-corrected chi connectivity index (χ0v) is 23.2. The summed E-state index contributed by atoms with van der Waals surface area (Å²) in [4.78, 5) is 28.1. The van der Waals surface area contributed by atoms with Gasteiger partial charge in [-0.3, -0.25) is 9.59 Å². The third-order valence-electron chi connectivity index (χ3n) is 10.3. The van der Waals surface area contributed by atoms with E-state index in [-0.39, 0.29) is 29.3 Å². The van der Waals surface area contributed by atoms with E-state index in [4.69, 9.17) is 16.9 Å². The van der Waals surface area contributed by atoms with E-state index >= 15 is 0 Å². The SMILES string of the molecule is C#CC(=O)N1[C@@H](CCCC)Cc2cc(OC)ccc2[C@@H]1c1ccc(C(N)=O)c(C23CC4CC(CC(C4)C2)C3)c1. The van der Waals surface area contributed by atoms with Crippen LogP contribution in [0.25, 0.3) is 0 Å². The maximum absolute atomic E-state index is 13.4. The number of methoxy groups -OCH3 is 1. The maximum Gasteiger partial charge on any atom is 0.299 e. The fraction of sp³-hybridized carbons (Fsp3) is 0.529. The fourth-order valence-electron chi connectivity index (χ4n) is 9.07. The summed E-state index contributed by atoms with van der Waals surface area (Å²) in [7, 11) is 1.69. The van der Waals surface area contributed by atoms with Crippen LogP contribution in [0.15, 0.2) is 36.4 Å². The standard InChI is InChI=1S/C34H40N2O3/c1-4-6-7-26-15-25-16-27(39-3)9-11-28(25)32(36(26)31(37)5-2)24-8-10-29(33(35)38)30(17-24)34-18-21-12-22(19-34)14-23(13-21)20-34/h2,8-11,16-17,21-23,26,32H,4,6-7,12-15,18-20H2,1,3H3,(H2,35,38)/t21?,22?,23?,26-,32-,34?/m0/s1. The Morgan fingerprint density at radius 3 is 2.36 bits per heavy atom. The molecular weight excluding hydrogens is 484 g/mol. The van der Waals surface area contributed by atoms with Crippen molar-refractivity contribution in [1.82, 2.24) is 4.90 Å². The number of fused-ring (bicyclic) bond motifs is 1. The number of rotatable bonds is 7. The minimum absolute atomic E-state index is 0.00285. The van der Waals surface area contributed by atoms with Gasteiger partial charge in [-0.1, -0.05) is 38.0 Å². The van der Waals surface area contributed by atoms with E-state index < -0.39 is 0 Å². The zero-order chi connectivity index (χ0) is 27.3. The van der Waals surface area contributed by atoms with Crippen LogP contribution in [-0.2, 0) is 16.6 Å². The van der Waals surface area contributed by atoms with Crippen molar-refractivity contribution in [1.29, 1.82) is 0 Å². The third-order valence-corrected chi connectivity index (χ3v) is 10.3. The predicted molar refractivity (Wildman–Crippen MR) is 152 cm³/mol. The predicted octanol–water partition coefficient (Wildman–Crippen LogP) is 5.93. The highest BCUT2D eigenvalue weighted by Crippen LogP contribution is 2.61. The van der Waals surface area contributed by atoms with Gasteiger partial charge in [0.2, 0.25) is 5.91 Å². The van der Waals surface area contributed by atoms with Crippen molar-refractivity contribution in [3.8, 4) is 18.1 Å². The molecule has 4 fully saturated rings. The van der Waals surface area contributed by atoms with Gasteiger partial charge >= 0.3 is 0 Å². The van der Waals surface area contributed by atoms with Gasteiger partial charge < -0.3 is 15.4 Å². The molecule has 0 saturated heterocycles. The monoisotopic (exact) mass is 524 g/mol. The Balaban J connectivity index is 1.51. The molecule has 4 bridgehead atoms. The Hall–Kier alpha value is -3.26. The molecule has 5 aliphatic rings. The molecule has 2 aromatic carbocycles. The Bertz CT molecular complexity index is 1300. The number of carbonyl (C=O) groups excluding carboxylic acids is 2. The van der Waals surface area contributed by atoms with Crippen LogP contribution in [0.2, 0.25) is 0 Å². The molecule has 5 heteroatoms. The Morgan fingerprint density at radius 1 is 1.08 bits per heavy atom. The molecule has 1 aliphatic heterocycles. The molecule has 2 aromatic rings. The highest BCUT2D eigenvalue weighted by Gasteiger charge is 2.52. The fourth-order valence-corrected chi connectivity index (χ4v) is 9.07. The van der Waals surface area contributed by atoms with Gasteiger partial charge in [-0.05, 0) is 121 Å². The van der Waals surface area contributed by atoms with Gasteiger partial charge in [0.1, 0.15) is 5.75 Å². The summed E-state index contributed by atoms with van der Waals surface area (Å²) in [6.07, 6.45) is 16.8. The number of terminal acetylenes is 1. The average molecular weight is 525 g/mol. The van der Waals surface area contributed by atoms with E-state index in [1.54, 1.807) is 7.11 Å². The van der Waals surface area contributed by atoms with Crippen LogP contribution < -0.4 is 10.5 Å². The molecule has 0 aromatic heterocycles. The van der Waals surface area contributed by atoms with Crippen LogP contribution in [0.1, 0.15) is 103 Å². The number of hydrogen-bond acceptors (Lipinski definition) is 3. The molecular formula is C34H40N2O3. The van der Waals surface area contributed by atoms with Crippen LogP contribution in [-0.4, -0.2) is 29.9 Å². The summed E-state index contributed by atoms with van der Waals surface area (Å²) in [5.74, 6) is 4.82. The second-order valence-corrected chi connectivity index (χ2v) is 12.7. The lowest BCUT2D eigenvalue weighted by atomic mass is 9.47. The molecule has 204 valence electrons. The van der Waals surface area contributed by atoms with Gasteiger partial charge in [0.05, 0.1) is 13.2 Å². The first kappa shape index (κ1) is 26.0. The number of hydrogen-bond donors (Lipinski definition) is 1. The number of primary amides is 1. The lowest BCUT2D eigenvalue weighted by molar-refractivity contribution is -0.130. The highest BCUT2D eigenvalue weighted by atomic mass is 16.5. The first-order chi connectivity index (χ1) is 18.9. The molecule has 4 saturated carbocycles. The molecule has 7 rings (SSSR count). The first-order valence-electron chi connectivity index (χ1n) is 14.8. The van der Waals surface area contributed by atoms with E-state index in [1.165, 1.54) is 24.8 Å². The Kier molecular flexibility index (Phi) is 6.69. The highest BCUT2D eigenvalue weighted by molar-refractivity contribution is 5.95. The first-order valence-corrected chi connectivity index (χ1v) is 14.8. The molecule has 1 heterocycles. The zero-order valence-electron chi connectivity index (χ0n) is 23.2. The molecule has 2 amide bonds. The number of carbonyl (C=O) groups is 2. The smallest absolute Gasteiger partial charge is 0.299 e. The summed E-state index contributed by atoms with van der Waals surface area (Å²) < 4.78 is 5.57.